The first-order valence-corrected chi connectivity index (χ1v) is 8.53. The molecule has 146 valence electrons. The molecule has 0 fully saturated rings. The van der Waals surface area contributed by atoms with Crippen molar-refractivity contribution in [3.05, 3.63) is 48.0 Å². The van der Waals surface area contributed by atoms with Crippen molar-refractivity contribution in [2.75, 3.05) is 23.9 Å². The highest BCUT2D eigenvalue weighted by Gasteiger charge is 2.41. The molecule has 2 amide bonds. The van der Waals surface area contributed by atoms with Crippen LogP contribution in [0.3, 0.4) is 0 Å². The monoisotopic (exact) mass is 384 g/mol. The lowest BCUT2D eigenvalue weighted by atomic mass is 10.0. The first-order chi connectivity index (χ1) is 13.2. The lowest BCUT2D eigenvalue weighted by Crippen LogP contribution is -2.54. The van der Waals surface area contributed by atoms with Gasteiger partial charge in [0.05, 0.1) is 18.4 Å². The fourth-order valence-electron chi connectivity index (χ4n) is 2.88. The summed E-state index contributed by atoms with van der Waals surface area (Å²) >= 11 is 0. The van der Waals surface area contributed by atoms with Crippen LogP contribution in [0.25, 0.3) is 0 Å². The van der Waals surface area contributed by atoms with Crippen LogP contribution in [-0.2, 0) is 9.59 Å². The number of amides is 2. The normalized spacial score (nSPS) is 14.7. The number of carbonyl (C=O) groups excluding carboxylic acids is 2. The maximum Gasteiger partial charge on any atom is 0.335 e. The van der Waals surface area contributed by atoms with E-state index < -0.39 is 23.4 Å². The Morgan fingerprint density at radius 3 is 2.46 bits per heavy atom. The van der Waals surface area contributed by atoms with E-state index in [9.17, 15) is 19.5 Å². The summed E-state index contributed by atoms with van der Waals surface area (Å²) in [5, 5.41) is 11.9. The number of methoxy groups -OCH3 is 1. The van der Waals surface area contributed by atoms with Crippen molar-refractivity contribution in [3.63, 3.8) is 0 Å². The van der Waals surface area contributed by atoms with Crippen LogP contribution in [0.15, 0.2) is 42.5 Å². The number of hydrogen-bond donors (Lipinski definition) is 2. The molecule has 2 aromatic carbocycles. The summed E-state index contributed by atoms with van der Waals surface area (Å²) in [7, 11) is 1.54. The molecule has 0 unspecified atom stereocenters. The Balaban J connectivity index is 1.86. The first kappa shape index (κ1) is 19.2. The zero-order valence-electron chi connectivity index (χ0n) is 15.7. The highest BCUT2D eigenvalue weighted by atomic mass is 16.5. The standard InChI is InChI=1S/C20H20N2O6/c1-20(2)19(26)22(15-10-12(18(24)25)4-9-16(15)28-20)11-17(23)21-13-5-7-14(27-3)8-6-13/h4-10H,11H2,1-3H3,(H,21,23)(H,24,25). The number of carboxylic acids is 1. The number of benzene rings is 2. The summed E-state index contributed by atoms with van der Waals surface area (Å²) in [6, 6.07) is 11.0. The van der Waals surface area contributed by atoms with Gasteiger partial charge in [-0.3, -0.25) is 14.5 Å². The first-order valence-electron chi connectivity index (χ1n) is 8.53. The van der Waals surface area contributed by atoms with E-state index in [1.165, 1.54) is 23.1 Å². The average molecular weight is 384 g/mol. The van der Waals surface area contributed by atoms with Crippen molar-refractivity contribution in [2.24, 2.45) is 0 Å². The highest BCUT2D eigenvalue weighted by Crippen LogP contribution is 2.38. The largest absolute Gasteiger partial charge is 0.497 e. The Bertz CT molecular complexity index is 936. The van der Waals surface area contributed by atoms with Gasteiger partial charge in [-0.25, -0.2) is 4.79 Å². The molecule has 8 heteroatoms. The molecule has 1 aliphatic heterocycles. The van der Waals surface area contributed by atoms with Crippen molar-refractivity contribution in [2.45, 2.75) is 19.4 Å². The molecule has 0 spiro atoms. The van der Waals surface area contributed by atoms with E-state index in [0.717, 1.165) is 0 Å². The van der Waals surface area contributed by atoms with E-state index >= 15 is 0 Å². The molecule has 0 bridgehead atoms. The van der Waals surface area contributed by atoms with Crippen molar-refractivity contribution >= 4 is 29.2 Å². The van der Waals surface area contributed by atoms with Gasteiger partial charge in [-0.15, -0.1) is 0 Å². The van der Waals surface area contributed by atoms with Gasteiger partial charge in [-0.05, 0) is 56.3 Å². The number of carboxylic acid groups (broad SMARTS) is 1. The number of nitrogens with one attached hydrogen (secondary N) is 1. The third kappa shape index (κ3) is 3.75. The fraction of sp³-hybridized carbons (Fsp3) is 0.250. The number of rotatable bonds is 5. The van der Waals surface area contributed by atoms with Crippen LogP contribution in [0.5, 0.6) is 11.5 Å². The Kier molecular flexibility index (Phi) is 4.96. The highest BCUT2D eigenvalue weighted by molar-refractivity contribution is 6.08. The molecule has 8 nitrogen and oxygen atoms in total. The number of hydrogen-bond acceptors (Lipinski definition) is 5. The maximum absolute atomic E-state index is 12.8. The minimum absolute atomic E-state index is 0.00424. The Hall–Kier alpha value is -3.55. The summed E-state index contributed by atoms with van der Waals surface area (Å²) in [4.78, 5) is 37.9. The summed E-state index contributed by atoms with van der Waals surface area (Å²) < 4.78 is 10.8. The number of carbonyl (C=O) groups is 3. The quantitative estimate of drug-likeness (QED) is 0.821. The lowest BCUT2D eigenvalue weighted by molar-refractivity contribution is -0.133. The molecule has 3 rings (SSSR count). The molecular formula is C20H20N2O6. The van der Waals surface area contributed by atoms with E-state index in [1.807, 2.05) is 0 Å². The molecule has 1 heterocycles. The van der Waals surface area contributed by atoms with Gasteiger partial charge in [0.25, 0.3) is 5.91 Å². The van der Waals surface area contributed by atoms with Crippen LogP contribution in [-0.4, -0.2) is 42.1 Å². The molecule has 28 heavy (non-hydrogen) atoms. The van der Waals surface area contributed by atoms with Crippen LogP contribution in [0.1, 0.15) is 24.2 Å². The molecule has 0 atom stereocenters. The zero-order chi connectivity index (χ0) is 20.5. The van der Waals surface area contributed by atoms with Gasteiger partial charge >= 0.3 is 5.97 Å². The van der Waals surface area contributed by atoms with Crippen LogP contribution in [0.4, 0.5) is 11.4 Å². The van der Waals surface area contributed by atoms with Gasteiger partial charge < -0.3 is 19.9 Å². The Morgan fingerprint density at radius 1 is 1.18 bits per heavy atom. The molecule has 0 aliphatic carbocycles. The smallest absolute Gasteiger partial charge is 0.335 e. The van der Waals surface area contributed by atoms with Gasteiger partial charge in [0.2, 0.25) is 5.91 Å². The second-order valence-electron chi connectivity index (χ2n) is 6.77. The third-order valence-electron chi connectivity index (χ3n) is 4.30. The average Bonchev–Trinajstić information content (AvgIpc) is 2.65. The molecule has 0 saturated heterocycles. The number of anilines is 2. The topological polar surface area (TPSA) is 105 Å². The predicted octanol–water partition coefficient (Wildman–Crippen LogP) is 2.54. The van der Waals surface area contributed by atoms with E-state index in [0.29, 0.717) is 17.2 Å². The second kappa shape index (κ2) is 7.22. The van der Waals surface area contributed by atoms with Gasteiger partial charge in [0.1, 0.15) is 18.0 Å². The van der Waals surface area contributed by atoms with Crippen LogP contribution < -0.4 is 19.7 Å². The summed E-state index contributed by atoms with van der Waals surface area (Å²) in [6.07, 6.45) is 0. The molecule has 0 aromatic heterocycles. The number of aromatic carboxylic acids is 1. The van der Waals surface area contributed by atoms with Gasteiger partial charge in [-0.2, -0.15) is 0 Å². The van der Waals surface area contributed by atoms with E-state index in [1.54, 1.807) is 45.2 Å². The van der Waals surface area contributed by atoms with Crippen LogP contribution in [0, 0.1) is 0 Å². The van der Waals surface area contributed by atoms with Crippen molar-refractivity contribution in [1.82, 2.24) is 0 Å². The summed E-state index contributed by atoms with van der Waals surface area (Å²) in [6.45, 7) is 2.91. The van der Waals surface area contributed by atoms with Gasteiger partial charge in [0.15, 0.2) is 5.60 Å². The lowest BCUT2D eigenvalue weighted by Gasteiger charge is -2.38. The molecule has 2 aromatic rings. The maximum atomic E-state index is 12.8. The second-order valence-corrected chi connectivity index (χ2v) is 6.77. The van der Waals surface area contributed by atoms with Crippen molar-refractivity contribution in [3.8, 4) is 11.5 Å². The van der Waals surface area contributed by atoms with Crippen LogP contribution >= 0.6 is 0 Å². The molecule has 2 N–H and O–H groups in total. The summed E-state index contributed by atoms with van der Waals surface area (Å²) in [5.74, 6) is -1.01. The van der Waals surface area contributed by atoms with Crippen molar-refractivity contribution < 1.29 is 29.0 Å². The fourth-order valence-corrected chi connectivity index (χ4v) is 2.88. The number of nitrogens with zero attached hydrogens (tertiary/aromatic N) is 1. The van der Waals surface area contributed by atoms with Crippen LogP contribution in [0.2, 0.25) is 0 Å². The van der Waals surface area contributed by atoms with Gasteiger partial charge in [-0.1, -0.05) is 0 Å². The van der Waals surface area contributed by atoms with E-state index in [4.69, 9.17) is 9.47 Å². The minimum atomic E-state index is -1.18. The zero-order valence-corrected chi connectivity index (χ0v) is 15.7. The number of ether oxygens (including phenoxy) is 2. The van der Waals surface area contributed by atoms with Gasteiger partial charge in [0, 0.05) is 5.69 Å². The predicted molar refractivity (Wildman–Crippen MR) is 102 cm³/mol. The third-order valence-corrected chi connectivity index (χ3v) is 4.30. The summed E-state index contributed by atoms with van der Waals surface area (Å²) in [5.41, 5.74) is -0.396. The van der Waals surface area contributed by atoms with E-state index in [2.05, 4.69) is 5.32 Å². The molecule has 0 saturated carbocycles. The Morgan fingerprint density at radius 2 is 1.86 bits per heavy atom. The van der Waals surface area contributed by atoms with E-state index in [-0.39, 0.29) is 17.8 Å². The number of fused-ring (bicyclic) bond motifs is 1. The minimum Gasteiger partial charge on any atom is -0.497 e. The molecule has 1 aliphatic rings. The molecular weight excluding hydrogens is 364 g/mol. The molecule has 0 radical (unpaired) electrons. The Labute approximate surface area is 161 Å². The van der Waals surface area contributed by atoms with Crippen molar-refractivity contribution in [1.29, 1.82) is 0 Å². The SMILES string of the molecule is COc1ccc(NC(=O)CN2C(=O)C(C)(C)Oc3ccc(C(=O)O)cc32)cc1.